The summed E-state index contributed by atoms with van der Waals surface area (Å²) >= 11 is 0. The largest absolute Gasteiger partial charge is 0.444 e. The van der Waals surface area contributed by atoms with E-state index in [0.29, 0.717) is 26.2 Å². The normalized spacial score (nSPS) is 13.2. The van der Waals surface area contributed by atoms with Crippen LogP contribution in [0.1, 0.15) is 59.3 Å². The van der Waals surface area contributed by atoms with Crippen LogP contribution in [0, 0.1) is 0 Å². The van der Waals surface area contributed by atoms with E-state index in [1.165, 1.54) is 0 Å². The summed E-state index contributed by atoms with van der Waals surface area (Å²) < 4.78 is 5.15. The molecule has 0 saturated carbocycles. The third-order valence-electron chi connectivity index (χ3n) is 3.95. The zero-order valence-corrected chi connectivity index (χ0v) is 18.7. The Balaban J connectivity index is 2.12. The van der Waals surface area contributed by atoms with Crippen LogP contribution < -0.4 is 32.5 Å². The number of nitrogens with one attached hydrogen (secondary N) is 5. The molecule has 0 aromatic carbocycles. The monoisotopic (exact) mass is 440 g/mol. The second-order valence-corrected chi connectivity index (χ2v) is 7.99. The second-order valence-electron chi connectivity index (χ2n) is 7.99. The highest BCUT2D eigenvalue weighted by molar-refractivity contribution is 6.42. The van der Waals surface area contributed by atoms with E-state index in [2.05, 4.69) is 37.0 Å². The molecule has 176 valence electrons. The number of hydrogen-bond acceptors (Lipinski definition) is 9. The van der Waals surface area contributed by atoms with Crippen LogP contribution in [0.3, 0.4) is 0 Å². The Morgan fingerprint density at radius 1 is 0.806 bits per heavy atom. The van der Waals surface area contributed by atoms with Crippen LogP contribution in [0.25, 0.3) is 0 Å². The number of nitrogens with two attached hydrogens (primary N) is 1. The highest BCUT2D eigenvalue weighted by Gasteiger charge is 2.19. The van der Waals surface area contributed by atoms with Crippen molar-refractivity contribution in [3.8, 4) is 0 Å². The van der Waals surface area contributed by atoms with E-state index in [4.69, 9.17) is 10.5 Å². The number of hydrazone groups is 2. The molecule has 12 nitrogen and oxygen atoms in total. The summed E-state index contributed by atoms with van der Waals surface area (Å²) in [6.45, 7) is 7.54. The number of hydrogen-bond donors (Lipinski definition) is 6. The Morgan fingerprint density at radius 2 is 1.26 bits per heavy atom. The Bertz CT molecular complexity index is 658. The molecule has 0 aromatic heterocycles. The Labute approximate surface area is 183 Å². The van der Waals surface area contributed by atoms with Crippen molar-refractivity contribution in [1.29, 1.82) is 0 Å². The molecule has 3 amide bonds. The number of alkyl carbamates (subject to hydrolysis) is 1. The van der Waals surface area contributed by atoms with Gasteiger partial charge in [0.25, 0.3) is 11.8 Å². The first-order chi connectivity index (χ1) is 14.7. The van der Waals surface area contributed by atoms with Crippen molar-refractivity contribution < 1.29 is 19.1 Å². The van der Waals surface area contributed by atoms with E-state index in [1.807, 2.05) is 20.8 Å². The van der Waals surface area contributed by atoms with Crippen LogP contribution >= 0.6 is 0 Å². The maximum Gasteiger partial charge on any atom is 0.407 e. The fraction of sp³-hybridized carbons (Fsp3) is 0.737. The molecule has 12 heteroatoms. The Hall–Kier alpha value is -2.89. The maximum atomic E-state index is 12.1. The van der Waals surface area contributed by atoms with Crippen LogP contribution in [0.5, 0.6) is 0 Å². The van der Waals surface area contributed by atoms with Crippen molar-refractivity contribution >= 4 is 29.6 Å². The predicted octanol–water partition coefficient (Wildman–Crippen LogP) is -0.137. The lowest BCUT2D eigenvalue weighted by Gasteiger charge is -2.19. The van der Waals surface area contributed by atoms with E-state index in [1.54, 1.807) is 0 Å². The average Bonchev–Trinajstić information content (AvgIpc) is 2.71. The number of amides is 3. The van der Waals surface area contributed by atoms with E-state index in [9.17, 15) is 14.4 Å². The molecule has 0 fully saturated rings. The molecule has 7 N–H and O–H groups in total. The third kappa shape index (κ3) is 12.4. The molecular weight excluding hydrogens is 404 g/mol. The third-order valence-corrected chi connectivity index (χ3v) is 3.95. The van der Waals surface area contributed by atoms with Gasteiger partial charge in [-0.05, 0) is 59.4 Å². The van der Waals surface area contributed by atoms with Gasteiger partial charge in [0.15, 0.2) is 0 Å². The lowest BCUT2D eigenvalue weighted by Crippen LogP contribution is -2.48. The van der Waals surface area contributed by atoms with E-state index >= 15 is 0 Å². The molecule has 1 rings (SSSR count). The van der Waals surface area contributed by atoms with Crippen LogP contribution in [0.15, 0.2) is 10.2 Å². The summed E-state index contributed by atoms with van der Waals surface area (Å²) in [5, 5.41) is 15.8. The van der Waals surface area contributed by atoms with Crippen molar-refractivity contribution in [2.45, 2.75) is 64.9 Å². The van der Waals surface area contributed by atoms with Gasteiger partial charge < -0.3 is 26.4 Å². The van der Waals surface area contributed by atoms with Gasteiger partial charge in [0.2, 0.25) is 11.7 Å². The minimum absolute atomic E-state index is 0.00661. The van der Waals surface area contributed by atoms with Crippen LogP contribution in [0.4, 0.5) is 4.79 Å². The lowest BCUT2D eigenvalue weighted by molar-refractivity contribution is -0.116. The van der Waals surface area contributed by atoms with Gasteiger partial charge in [-0.25, -0.2) is 4.79 Å². The number of carbonyl (C=O) groups excluding carboxylic acids is 3. The van der Waals surface area contributed by atoms with Crippen molar-refractivity contribution in [1.82, 2.24) is 26.8 Å². The highest BCUT2D eigenvalue weighted by Crippen LogP contribution is 2.06. The first-order valence-electron chi connectivity index (χ1n) is 10.6. The van der Waals surface area contributed by atoms with E-state index in [0.717, 1.165) is 38.5 Å². The van der Waals surface area contributed by atoms with Gasteiger partial charge in [0, 0.05) is 19.6 Å². The molecule has 0 bridgehead atoms. The van der Waals surface area contributed by atoms with Gasteiger partial charge in [0.05, 0.1) is 0 Å². The second kappa shape index (κ2) is 14.2. The number of ether oxygens (including phenoxy) is 1. The zero-order chi connectivity index (χ0) is 23.1. The van der Waals surface area contributed by atoms with E-state index in [-0.39, 0.29) is 11.7 Å². The molecule has 0 aliphatic carbocycles. The topological polar surface area (TPSA) is 171 Å². The first-order valence-corrected chi connectivity index (χ1v) is 10.6. The molecule has 0 atom stereocenters. The number of carbonyl (C=O) groups is 3. The molecule has 31 heavy (non-hydrogen) atoms. The highest BCUT2D eigenvalue weighted by atomic mass is 16.6. The number of amidine groups is 2. The average molecular weight is 441 g/mol. The molecule has 1 heterocycles. The summed E-state index contributed by atoms with van der Waals surface area (Å²) in [6.07, 6.45) is 4.59. The fourth-order valence-electron chi connectivity index (χ4n) is 2.42. The maximum absolute atomic E-state index is 12.1. The standard InChI is InChI=1S/C19H36N8O4/c1-19(2,3)31-18(30)23-13-9-5-8-12-22-17(29)15-26-24-14(25-27-15)16(28)21-11-7-4-6-10-20/h4-13,20H2,1-3H3,(H,21,28)(H,22,29)(H,23,30)(H,24,25)(H,26,27). The van der Waals surface area contributed by atoms with Gasteiger partial charge >= 0.3 is 6.09 Å². The van der Waals surface area contributed by atoms with Crippen molar-refractivity contribution in [3.05, 3.63) is 0 Å². The zero-order valence-electron chi connectivity index (χ0n) is 18.7. The van der Waals surface area contributed by atoms with Gasteiger partial charge in [-0.1, -0.05) is 6.42 Å². The number of rotatable bonds is 13. The molecule has 0 aromatic rings. The summed E-state index contributed by atoms with van der Waals surface area (Å²) in [4.78, 5) is 35.5. The summed E-state index contributed by atoms with van der Waals surface area (Å²) in [7, 11) is 0. The molecule has 1 aliphatic rings. The van der Waals surface area contributed by atoms with Gasteiger partial charge in [-0.2, -0.15) is 0 Å². The minimum Gasteiger partial charge on any atom is -0.444 e. The molecule has 1 aliphatic heterocycles. The van der Waals surface area contributed by atoms with Gasteiger partial charge in [-0.3, -0.25) is 20.4 Å². The molecular formula is C19H36N8O4. The van der Waals surface area contributed by atoms with Gasteiger partial charge in [-0.15, -0.1) is 10.2 Å². The summed E-state index contributed by atoms with van der Waals surface area (Å²) in [6, 6.07) is 0. The molecule has 0 unspecified atom stereocenters. The van der Waals surface area contributed by atoms with Crippen molar-refractivity contribution in [2.24, 2.45) is 15.9 Å². The predicted molar refractivity (Wildman–Crippen MR) is 118 cm³/mol. The van der Waals surface area contributed by atoms with Crippen LogP contribution in [0.2, 0.25) is 0 Å². The van der Waals surface area contributed by atoms with E-state index < -0.39 is 23.5 Å². The fourth-order valence-corrected chi connectivity index (χ4v) is 2.42. The Kier molecular flexibility index (Phi) is 12.0. The number of nitrogens with zero attached hydrogens (tertiary/aromatic N) is 2. The SMILES string of the molecule is CC(C)(C)OC(=O)NCCCCCNC(=O)C1=NNC(C(=O)NCCCCCN)=NN1. The number of unbranched alkanes of at least 4 members (excludes halogenated alkanes) is 4. The lowest BCUT2D eigenvalue weighted by atomic mass is 10.2. The van der Waals surface area contributed by atoms with Crippen molar-refractivity contribution in [2.75, 3.05) is 26.2 Å². The van der Waals surface area contributed by atoms with Crippen LogP contribution in [-0.2, 0) is 14.3 Å². The molecule has 0 spiro atoms. The molecule has 0 radical (unpaired) electrons. The molecule has 0 saturated heterocycles. The summed E-state index contributed by atoms with van der Waals surface area (Å²) in [5.41, 5.74) is 9.86. The Morgan fingerprint density at radius 3 is 1.68 bits per heavy atom. The quantitative estimate of drug-likeness (QED) is 0.216. The first kappa shape index (κ1) is 26.1. The smallest absolute Gasteiger partial charge is 0.407 e. The van der Waals surface area contributed by atoms with Gasteiger partial charge in [0.1, 0.15) is 5.60 Å². The van der Waals surface area contributed by atoms with Crippen LogP contribution in [-0.4, -0.2) is 61.4 Å². The minimum atomic E-state index is -0.516. The summed E-state index contributed by atoms with van der Waals surface area (Å²) in [5.74, 6) is -0.855. The van der Waals surface area contributed by atoms with Crippen molar-refractivity contribution in [3.63, 3.8) is 0 Å².